The molecule has 118 valence electrons. The number of sulfonamides is 1. The van der Waals surface area contributed by atoms with Gasteiger partial charge in [-0.3, -0.25) is 0 Å². The van der Waals surface area contributed by atoms with Crippen LogP contribution < -0.4 is 14.8 Å². The predicted octanol–water partition coefficient (Wildman–Crippen LogP) is 1.14. The van der Waals surface area contributed by atoms with Crippen LogP contribution in [-0.4, -0.2) is 41.8 Å². The van der Waals surface area contributed by atoms with Gasteiger partial charge in [0.1, 0.15) is 10.6 Å². The van der Waals surface area contributed by atoms with Crippen LogP contribution in [0.2, 0.25) is 5.02 Å². The fourth-order valence-corrected chi connectivity index (χ4v) is 4.08. The van der Waals surface area contributed by atoms with E-state index in [-0.39, 0.29) is 10.9 Å². The molecule has 1 aliphatic heterocycles. The van der Waals surface area contributed by atoms with Gasteiger partial charge < -0.3 is 14.8 Å². The second-order valence-corrected chi connectivity index (χ2v) is 6.93. The van der Waals surface area contributed by atoms with Crippen LogP contribution in [0.25, 0.3) is 0 Å². The third-order valence-corrected chi connectivity index (χ3v) is 4.95. The molecule has 0 saturated carbocycles. The first-order chi connectivity index (χ1) is 9.97. The lowest BCUT2D eigenvalue weighted by atomic mass is 10.2. The number of halogens is 1. The van der Waals surface area contributed by atoms with Crippen molar-refractivity contribution in [2.75, 3.05) is 27.4 Å². The highest BCUT2D eigenvalue weighted by molar-refractivity contribution is 7.89. The van der Waals surface area contributed by atoms with Crippen molar-refractivity contribution >= 4 is 21.6 Å². The minimum atomic E-state index is -3.72. The summed E-state index contributed by atoms with van der Waals surface area (Å²) < 4.78 is 38.2. The van der Waals surface area contributed by atoms with Crippen LogP contribution in [0.5, 0.6) is 5.75 Å². The number of hydrogen-bond donors (Lipinski definition) is 2. The first-order valence-electron chi connectivity index (χ1n) is 6.59. The molecule has 2 rings (SSSR count). The molecule has 0 radical (unpaired) electrons. The molecule has 1 aromatic rings. The van der Waals surface area contributed by atoms with Crippen LogP contribution in [0, 0.1) is 0 Å². The fraction of sp³-hybridized carbons (Fsp3) is 0.538. The van der Waals surface area contributed by atoms with E-state index >= 15 is 0 Å². The van der Waals surface area contributed by atoms with E-state index in [4.69, 9.17) is 21.1 Å². The van der Waals surface area contributed by atoms with Crippen LogP contribution in [-0.2, 0) is 21.3 Å². The van der Waals surface area contributed by atoms with Gasteiger partial charge in [-0.15, -0.1) is 0 Å². The molecule has 0 bridgehead atoms. The summed E-state index contributed by atoms with van der Waals surface area (Å²) >= 11 is 6.04. The molecule has 2 N–H and O–H groups in total. The van der Waals surface area contributed by atoms with Gasteiger partial charge in [0, 0.05) is 29.8 Å². The SMILES string of the molecule is CNCc1cc(Cl)cc(S(=O)(=O)NC2CCOC2)c1OC. The van der Waals surface area contributed by atoms with E-state index in [1.54, 1.807) is 13.1 Å². The minimum absolute atomic E-state index is 0.0506. The van der Waals surface area contributed by atoms with E-state index < -0.39 is 10.0 Å². The molecular formula is C13H19ClN2O4S. The lowest BCUT2D eigenvalue weighted by Crippen LogP contribution is -2.35. The van der Waals surface area contributed by atoms with E-state index in [9.17, 15) is 8.42 Å². The van der Waals surface area contributed by atoms with Crippen LogP contribution in [0.1, 0.15) is 12.0 Å². The number of nitrogens with one attached hydrogen (secondary N) is 2. The number of methoxy groups -OCH3 is 1. The van der Waals surface area contributed by atoms with Crippen molar-refractivity contribution < 1.29 is 17.9 Å². The van der Waals surface area contributed by atoms with E-state index in [1.807, 2.05) is 0 Å². The van der Waals surface area contributed by atoms with E-state index in [0.29, 0.717) is 42.5 Å². The zero-order chi connectivity index (χ0) is 15.5. The topological polar surface area (TPSA) is 76.7 Å². The van der Waals surface area contributed by atoms with Gasteiger partial charge in [-0.25, -0.2) is 13.1 Å². The highest BCUT2D eigenvalue weighted by atomic mass is 35.5. The van der Waals surface area contributed by atoms with Gasteiger partial charge in [0.15, 0.2) is 0 Å². The molecule has 21 heavy (non-hydrogen) atoms. The van der Waals surface area contributed by atoms with Gasteiger partial charge in [-0.2, -0.15) is 0 Å². The summed E-state index contributed by atoms with van der Waals surface area (Å²) in [6, 6.07) is 2.87. The molecule has 1 aliphatic rings. The van der Waals surface area contributed by atoms with Gasteiger partial charge >= 0.3 is 0 Å². The van der Waals surface area contributed by atoms with Crippen molar-refractivity contribution in [2.45, 2.75) is 23.9 Å². The summed E-state index contributed by atoms with van der Waals surface area (Å²) in [6.45, 7) is 1.40. The van der Waals surface area contributed by atoms with Crippen LogP contribution >= 0.6 is 11.6 Å². The Kier molecular flexibility index (Phi) is 5.45. The Hall–Kier alpha value is -0.860. The summed E-state index contributed by atoms with van der Waals surface area (Å²) in [5.74, 6) is 0.306. The van der Waals surface area contributed by atoms with Crippen molar-refractivity contribution in [3.63, 3.8) is 0 Å². The van der Waals surface area contributed by atoms with Crippen molar-refractivity contribution in [1.82, 2.24) is 10.0 Å². The molecule has 0 aromatic heterocycles. The molecule has 6 nitrogen and oxygen atoms in total. The van der Waals surface area contributed by atoms with Gasteiger partial charge in [0.25, 0.3) is 0 Å². The van der Waals surface area contributed by atoms with Crippen LogP contribution in [0.3, 0.4) is 0 Å². The quantitative estimate of drug-likeness (QED) is 0.815. The Bertz CT molecular complexity index is 600. The second kappa shape index (κ2) is 6.93. The summed E-state index contributed by atoms with van der Waals surface area (Å²) in [5, 5.41) is 3.31. The maximum atomic E-state index is 12.6. The smallest absolute Gasteiger partial charge is 0.244 e. The molecular weight excluding hydrogens is 316 g/mol. The largest absolute Gasteiger partial charge is 0.495 e. The molecule has 1 saturated heterocycles. The Morgan fingerprint density at radius 2 is 2.24 bits per heavy atom. The number of hydrogen-bond acceptors (Lipinski definition) is 5. The molecule has 1 heterocycles. The molecule has 1 aromatic carbocycles. The third kappa shape index (κ3) is 3.87. The highest BCUT2D eigenvalue weighted by Gasteiger charge is 2.27. The van der Waals surface area contributed by atoms with E-state index in [1.165, 1.54) is 13.2 Å². The summed E-state index contributed by atoms with van der Waals surface area (Å²) in [4.78, 5) is 0.0506. The Morgan fingerprint density at radius 1 is 1.48 bits per heavy atom. The molecule has 1 unspecified atom stereocenters. The maximum absolute atomic E-state index is 12.6. The van der Waals surface area contributed by atoms with Crippen LogP contribution in [0.15, 0.2) is 17.0 Å². The van der Waals surface area contributed by atoms with Crippen molar-refractivity contribution in [2.24, 2.45) is 0 Å². The standard InChI is InChI=1S/C13H19ClN2O4S/c1-15-7-9-5-10(14)6-12(13(9)19-2)21(17,18)16-11-3-4-20-8-11/h5-6,11,15-16H,3-4,7-8H2,1-2H3. The zero-order valence-corrected chi connectivity index (χ0v) is 13.6. The van der Waals surface area contributed by atoms with Crippen molar-refractivity contribution in [1.29, 1.82) is 0 Å². The Balaban J connectivity index is 2.40. The monoisotopic (exact) mass is 334 g/mol. The average molecular weight is 335 g/mol. The lowest BCUT2D eigenvalue weighted by Gasteiger charge is -2.17. The molecule has 8 heteroatoms. The van der Waals surface area contributed by atoms with Crippen molar-refractivity contribution in [3.05, 3.63) is 22.7 Å². The molecule has 0 amide bonds. The summed E-state index contributed by atoms with van der Waals surface area (Å²) in [7, 11) is -0.506. The van der Waals surface area contributed by atoms with Gasteiger partial charge in [-0.1, -0.05) is 11.6 Å². The van der Waals surface area contributed by atoms with Gasteiger partial charge in [-0.05, 0) is 25.6 Å². The molecule has 1 atom stereocenters. The van der Waals surface area contributed by atoms with Gasteiger partial charge in [0.2, 0.25) is 10.0 Å². The lowest BCUT2D eigenvalue weighted by molar-refractivity contribution is 0.192. The minimum Gasteiger partial charge on any atom is -0.495 e. The highest BCUT2D eigenvalue weighted by Crippen LogP contribution is 2.32. The van der Waals surface area contributed by atoms with Gasteiger partial charge in [0.05, 0.1) is 13.7 Å². The van der Waals surface area contributed by atoms with Crippen molar-refractivity contribution in [3.8, 4) is 5.75 Å². The normalized spacial score (nSPS) is 18.9. The first kappa shape index (κ1) is 16.5. The number of ether oxygens (including phenoxy) is 2. The average Bonchev–Trinajstić information content (AvgIpc) is 2.90. The summed E-state index contributed by atoms with van der Waals surface area (Å²) in [5.41, 5.74) is 0.690. The van der Waals surface area contributed by atoms with Crippen LogP contribution in [0.4, 0.5) is 0 Å². The second-order valence-electron chi connectivity index (χ2n) is 4.81. The van der Waals surface area contributed by atoms with E-state index in [2.05, 4.69) is 10.0 Å². The molecule has 0 spiro atoms. The first-order valence-corrected chi connectivity index (χ1v) is 8.45. The molecule has 1 fully saturated rings. The Labute approximate surface area is 129 Å². The number of rotatable bonds is 6. The van der Waals surface area contributed by atoms with E-state index in [0.717, 1.165) is 0 Å². The predicted molar refractivity (Wildman–Crippen MR) is 80.3 cm³/mol. The third-order valence-electron chi connectivity index (χ3n) is 3.21. The zero-order valence-electron chi connectivity index (χ0n) is 12.0. The maximum Gasteiger partial charge on any atom is 0.244 e. The molecule has 0 aliphatic carbocycles. The number of benzene rings is 1. The Morgan fingerprint density at radius 3 is 2.81 bits per heavy atom. The fourth-order valence-electron chi connectivity index (χ4n) is 2.29. The summed E-state index contributed by atoms with van der Waals surface area (Å²) in [6.07, 6.45) is 0.658.